The maximum absolute atomic E-state index is 13.0. The third-order valence-electron chi connectivity index (χ3n) is 6.03. The minimum Gasteiger partial charge on any atom is -0.352 e. The Hall–Kier alpha value is -3.30. The molecule has 1 aliphatic heterocycles. The highest BCUT2D eigenvalue weighted by Crippen LogP contribution is 2.22. The van der Waals surface area contributed by atoms with Crippen molar-refractivity contribution in [2.45, 2.75) is 25.9 Å². The number of amides is 1. The Labute approximate surface area is 206 Å². The van der Waals surface area contributed by atoms with E-state index < -0.39 is 0 Å². The zero-order valence-electron chi connectivity index (χ0n) is 18.6. The van der Waals surface area contributed by atoms with E-state index in [1.165, 1.54) is 0 Å². The minimum atomic E-state index is -0.0666. The molecule has 0 radical (unpaired) electrons. The van der Waals surface area contributed by atoms with Crippen molar-refractivity contribution >= 4 is 21.8 Å². The maximum atomic E-state index is 13.0. The largest absolute Gasteiger partial charge is 0.352 e. The Morgan fingerprint density at radius 3 is 2.85 bits per heavy atom. The van der Waals surface area contributed by atoms with Gasteiger partial charge in [-0.25, -0.2) is 4.98 Å². The van der Waals surface area contributed by atoms with Crippen LogP contribution in [0.3, 0.4) is 0 Å². The molecule has 1 amide bonds. The van der Waals surface area contributed by atoms with Crippen LogP contribution in [0.2, 0.25) is 0 Å². The third-order valence-corrected chi connectivity index (χ3v) is 6.56. The molecule has 1 atom stereocenters. The third kappa shape index (κ3) is 5.26. The highest BCUT2D eigenvalue weighted by atomic mass is 79.9. The fourth-order valence-corrected chi connectivity index (χ4v) is 4.54. The normalized spacial score (nSPS) is 16.4. The summed E-state index contributed by atoms with van der Waals surface area (Å²) in [7, 11) is 0. The number of para-hydroxylation sites is 1. The van der Waals surface area contributed by atoms with Crippen molar-refractivity contribution in [1.82, 2.24) is 29.9 Å². The second-order valence-corrected chi connectivity index (χ2v) is 9.33. The molecule has 2 aromatic heterocycles. The molecule has 3 heterocycles. The second kappa shape index (κ2) is 10.3. The van der Waals surface area contributed by atoms with Crippen molar-refractivity contribution < 1.29 is 9.32 Å². The van der Waals surface area contributed by atoms with E-state index in [0.717, 1.165) is 40.7 Å². The highest BCUT2D eigenvalue weighted by Gasteiger charge is 2.27. The van der Waals surface area contributed by atoms with Gasteiger partial charge in [0.25, 0.3) is 0 Å². The summed E-state index contributed by atoms with van der Waals surface area (Å²) in [6.07, 6.45) is 7.24. The molecule has 1 N–H and O–H groups in total. The number of carbonyl (C=O) groups is 1. The molecule has 1 aliphatic rings. The lowest BCUT2D eigenvalue weighted by atomic mass is 9.97. The standard InChI is InChI=1S/C25H25BrN6O2/c26-21-9-7-18(8-10-21)24-29-23(34-30-24)16-31-12-3-5-20(15-31)25(33)28-14-19-4-1-2-6-22(19)32-13-11-27-17-32/h1-2,4,6-11,13,17,20H,3,5,12,14-16H2,(H,28,33). The number of aromatic nitrogens is 4. The number of nitrogens with one attached hydrogen (secondary N) is 1. The van der Waals surface area contributed by atoms with Gasteiger partial charge < -0.3 is 14.4 Å². The summed E-state index contributed by atoms with van der Waals surface area (Å²) in [5.74, 6) is 1.15. The number of rotatable bonds is 7. The van der Waals surface area contributed by atoms with E-state index in [1.54, 1.807) is 12.5 Å². The van der Waals surface area contributed by atoms with E-state index in [4.69, 9.17) is 4.52 Å². The van der Waals surface area contributed by atoms with Crippen molar-refractivity contribution in [3.8, 4) is 17.1 Å². The molecule has 4 aromatic rings. The van der Waals surface area contributed by atoms with E-state index in [0.29, 0.717) is 31.3 Å². The molecular formula is C25H25BrN6O2. The number of carbonyl (C=O) groups excluding carboxylic acids is 1. The van der Waals surface area contributed by atoms with E-state index in [-0.39, 0.29) is 11.8 Å². The fraction of sp³-hybridized carbons (Fsp3) is 0.280. The van der Waals surface area contributed by atoms with Crippen LogP contribution in [0, 0.1) is 5.92 Å². The van der Waals surface area contributed by atoms with Gasteiger partial charge in [0.2, 0.25) is 17.6 Å². The summed E-state index contributed by atoms with van der Waals surface area (Å²) in [5.41, 5.74) is 2.97. The van der Waals surface area contributed by atoms with Crippen LogP contribution in [-0.2, 0) is 17.9 Å². The van der Waals surface area contributed by atoms with Crippen LogP contribution in [0.5, 0.6) is 0 Å². The first-order chi connectivity index (χ1) is 16.7. The van der Waals surface area contributed by atoms with Gasteiger partial charge in [-0.15, -0.1) is 0 Å². The lowest BCUT2D eigenvalue weighted by molar-refractivity contribution is -0.127. The summed E-state index contributed by atoms with van der Waals surface area (Å²) in [6.45, 7) is 2.59. The molecule has 0 saturated carbocycles. The second-order valence-electron chi connectivity index (χ2n) is 8.41. The fourth-order valence-electron chi connectivity index (χ4n) is 4.28. The van der Waals surface area contributed by atoms with Gasteiger partial charge in [0.15, 0.2) is 0 Å². The highest BCUT2D eigenvalue weighted by molar-refractivity contribution is 9.10. The molecule has 8 nitrogen and oxygen atoms in total. The van der Waals surface area contributed by atoms with E-state index in [9.17, 15) is 4.79 Å². The zero-order chi connectivity index (χ0) is 23.3. The van der Waals surface area contributed by atoms with Gasteiger partial charge in [0.05, 0.1) is 24.5 Å². The number of nitrogens with zero attached hydrogens (tertiary/aromatic N) is 5. The van der Waals surface area contributed by atoms with Crippen molar-refractivity contribution in [2.75, 3.05) is 13.1 Å². The van der Waals surface area contributed by atoms with Crippen LogP contribution in [-0.4, -0.2) is 43.6 Å². The molecule has 0 aliphatic carbocycles. The monoisotopic (exact) mass is 520 g/mol. The number of benzene rings is 2. The zero-order valence-corrected chi connectivity index (χ0v) is 20.2. The summed E-state index contributed by atoms with van der Waals surface area (Å²) < 4.78 is 8.44. The van der Waals surface area contributed by atoms with Gasteiger partial charge >= 0.3 is 0 Å². The smallest absolute Gasteiger partial charge is 0.241 e. The van der Waals surface area contributed by atoms with Crippen LogP contribution in [0.1, 0.15) is 24.3 Å². The summed E-state index contributed by atoms with van der Waals surface area (Å²) in [4.78, 5) is 23.9. The summed E-state index contributed by atoms with van der Waals surface area (Å²) >= 11 is 3.44. The number of hydrogen-bond acceptors (Lipinski definition) is 6. The number of hydrogen-bond donors (Lipinski definition) is 1. The SMILES string of the molecule is O=C(NCc1ccccc1-n1ccnc1)C1CCCN(Cc2nc(-c3ccc(Br)cc3)no2)C1. The molecule has 2 aromatic carbocycles. The minimum absolute atomic E-state index is 0.0666. The predicted molar refractivity (Wildman–Crippen MR) is 131 cm³/mol. The number of imidazole rings is 1. The first-order valence-corrected chi connectivity index (χ1v) is 12.1. The molecule has 174 valence electrons. The number of likely N-dealkylation sites (tertiary alicyclic amines) is 1. The lowest BCUT2D eigenvalue weighted by Gasteiger charge is -2.30. The average molecular weight is 521 g/mol. The molecule has 0 spiro atoms. The van der Waals surface area contributed by atoms with Gasteiger partial charge in [-0.3, -0.25) is 9.69 Å². The molecule has 1 fully saturated rings. The van der Waals surface area contributed by atoms with Crippen molar-refractivity contribution in [1.29, 1.82) is 0 Å². The topological polar surface area (TPSA) is 89.1 Å². The molecular weight excluding hydrogens is 496 g/mol. The first-order valence-electron chi connectivity index (χ1n) is 11.3. The van der Waals surface area contributed by atoms with Crippen LogP contribution in [0.15, 0.2) is 76.2 Å². The van der Waals surface area contributed by atoms with Gasteiger partial charge in [0, 0.05) is 35.5 Å². The van der Waals surface area contributed by atoms with Gasteiger partial charge in [0.1, 0.15) is 0 Å². The molecule has 1 unspecified atom stereocenters. The van der Waals surface area contributed by atoms with Crippen molar-refractivity contribution in [2.24, 2.45) is 5.92 Å². The van der Waals surface area contributed by atoms with Gasteiger partial charge in [-0.05, 0) is 55.3 Å². The molecule has 0 bridgehead atoms. The quantitative estimate of drug-likeness (QED) is 0.392. The summed E-state index contributed by atoms with van der Waals surface area (Å²) in [5, 5.41) is 7.25. The Bertz CT molecular complexity index is 1240. The number of piperidine rings is 1. The molecule has 9 heteroatoms. The van der Waals surface area contributed by atoms with Crippen molar-refractivity contribution in [3.63, 3.8) is 0 Å². The van der Waals surface area contributed by atoms with Gasteiger partial charge in [-0.1, -0.05) is 39.3 Å². The number of halogens is 1. The van der Waals surface area contributed by atoms with E-state index >= 15 is 0 Å². The molecule has 5 rings (SSSR count). The lowest BCUT2D eigenvalue weighted by Crippen LogP contribution is -2.42. The predicted octanol–water partition coefficient (Wildman–Crippen LogP) is 4.21. The molecule has 1 saturated heterocycles. The van der Waals surface area contributed by atoms with E-state index in [2.05, 4.69) is 41.3 Å². The van der Waals surface area contributed by atoms with Crippen LogP contribution < -0.4 is 5.32 Å². The first kappa shape index (κ1) is 22.5. The molecule has 34 heavy (non-hydrogen) atoms. The maximum Gasteiger partial charge on any atom is 0.241 e. The van der Waals surface area contributed by atoms with Gasteiger partial charge in [-0.2, -0.15) is 4.98 Å². The Morgan fingerprint density at radius 2 is 2.03 bits per heavy atom. The van der Waals surface area contributed by atoms with Crippen LogP contribution >= 0.6 is 15.9 Å². The summed E-state index contributed by atoms with van der Waals surface area (Å²) in [6, 6.07) is 15.8. The Morgan fingerprint density at radius 1 is 1.18 bits per heavy atom. The Balaban J connectivity index is 1.18. The van der Waals surface area contributed by atoms with Crippen molar-refractivity contribution in [3.05, 3.63) is 83.2 Å². The van der Waals surface area contributed by atoms with Crippen LogP contribution in [0.4, 0.5) is 0 Å². The van der Waals surface area contributed by atoms with E-state index in [1.807, 2.05) is 59.3 Å². The van der Waals surface area contributed by atoms with Crippen LogP contribution in [0.25, 0.3) is 17.1 Å². The Kier molecular flexibility index (Phi) is 6.82. The average Bonchev–Trinajstić information content (AvgIpc) is 3.56.